The highest BCUT2D eigenvalue weighted by atomic mass is 35.5. The van der Waals surface area contributed by atoms with Crippen molar-refractivity contribution in [1.82, 2.24) is 20.1 Å². The number of anilines is 1. The predicted molar refractivity (Wildman–Crippen MR) is 154 cm³/mol. The SMILES string of the molecule is CC(C)COC(=O)NC(Cc1cc(F)cc(F)c1)c1ncc(C#N)cc1-c1ccc(Cl)c2c(NS(C)(=O)=O)nn(C)c12. The minimum absolute atomic E-state index is 0.00466. The first-order valence-corrected chi connectivity index (χ1v) is 14.9. The summed E-state index contributed by atoms with van der Waals surface area (Å²) in [4.78, 5) is 17.3. The smallest absolute Gasteiger partial charge is 0.407 e. The molecule has 0 saturated carbocycles. The molecule has 2 N–H and O–H groups in total. The number of benzene rings is 2. The van der Waals surface area contributed by atoms with Gasteiger partial charge < -0.3 is 10.1 Å². The van der Waals surface area contributed by atoms with Gasteiger partial charge in [-0.15, -0.1) is 0 Å². The quantitative estimate of drug-likeness (QED) is 0.254. The lowest BCUT2D eigenvalue weighted by Crippen LogP contribution is -2.32. The van der Waals surface area contributed by atoms with Crippen molar-refractivity contribution in [2.24, 2.45) is 13.0 Å². The Kier molecular flexibility index (Phi) is 8.98. The van der Waals surface area contributed by atoms with Crippen LogP contribution in [0, 0.1) is 28.9 Å². The van der Waals surface area contributed by atoms with Gasteiger partial charge in [-0.1, -0.05) is 31.5 Å². The molecule has 0 saturated heterocycles. The van der Waals surface area contributed by atoms with Crippen LogP contribution in [0.3, 0.4) is 0 Å². The zero-order chi connectivity index (χ0) is 30.8. The summed E-state index contributed by atoms with van der Waals surface area (Å²) in [6.07, 6.45) is 1.43. The van der Waals surface area contributed by atoms with E-state index in [4.69, 9.17) is 16.3 Å². The second-order valence-electron chi connectivity index (χ2n) is 10.1. The molecule has 14 heteroatoms. The lowest BCUT2D eigenvalue weighted by molar-refractivity contribution is 0.129. The molecule has 2 aromatic heterocycles. The Hall–Kier alpha value is -4.28. The first-order chi connectivity index (χ1) is 19.8. The molecular weight excluding hydrogens is 590 g/mol. The maximum absolute atomic E-state index is 14.1. The van der Waals surface area contributed by atoms with Gasteiger partial charge in [-0.3, -0.25) is 14.4 Å². The molecule has 0 aliphatic heterocycles. The Bertz CT molecular complexity index is 1800. The number of nitriles is 1. The standard InChI is InChI=1S/C28H27ClF2N6O4S/c1-15(2)14-41-28(38)34-23(10-16-7-18(30)11-19(31)8-16)25-21(9-17(12-32)13-33-25)20-5-6-22(29)24-26(20)37(3)35-27(24)36-42(4,39)40/h5-9,11,13,15,23H,10,14H2,1-4H3,(H,34,38)(H,35,36). The van der Waals surface area contributed by atoms with Crippen LogP contribution in [-0.4, -0.2) is 42.1 Å². The summed E-state index contributed by atoms with van der Waals surface area (Å²) in [5, 5.41) is 17.2. The lowest BCUT2D eigenvalue weighted by atomic mass is 9.93. The van der Waals surface area contributed by atoms with Crippen LogP contribution in [0.5, 0.6) is 0 Å². The highest BCUT2D eigenvalue weighted by molar-refractivity contribution is 7.92. The van der Waals surface area contributed by atoms with Crippen molar-refractivity contribution in [3.8, 4) is 17.2 Å². The van der Waals surface area contributed by atoms with E-state index in [-0.39, 0.29) is 46.6 Å². The molecule has 0 bridgehead atoms. The molecule has 4 rings (SSSR count). The van der Waals surface area contributed by atoms with E-state index < -0.39 is 33.8 Å². The molecule has 0 aliphatic rings. The van der Waals surface area contributed by atoms with E-state index in [9.17, 15) is 27.3 Å². The molecule has 1 amide bonds. The summed E-state index contributed by atoms with van der Waals surface area (Å²) in [7, 11) is -2.12. The highest BCUT2D eigenvalue weighted by Gasteiger charge is 2.26. The van der Waals surface area contributed by atoms with Gasteiger partial charge in [0.25, 0.3) is 0 Å². The maximum atomic E-state index is 14.1. The molecule has 4 aromatic rings. The lowest BCUT2D eigenvalue weighted by Gasteiger charge is -2.22. The number of carbonyl (C=O) groups excluding carboxylic acids is 1. The summed E-state index contributed by atoms with van der Waals surface area (Å²) in [6.45, 7) is 3.87. The number of amides is 1. The normalized spacial score (nSPS) is 12.3. The third kappa shape index (κ3) is 7.13. The summed E-state index contributed by atoms with van der Waals surface area (Å²) in [5.74, 6) is -1.54. The Morgan fingerprint density at radius 2 is 1.86 bits per heavy atom. The van der Waals surface area contributed by atoms with Crippen LogP contribution in [0.25, 0.3) is 22.0 Å². The molecular formula is C28H27ClF2N6O4S. The first-order valence-electron chi connectivity index (χ1n) is 12.7. The molecule has 1 atom stereocenters. The van der Waals surface area contributed by atoms with Crippen molar-refractivity contribution in [1.29, 1.82) is 5.26 Å². The zero-order valence-corrected chi connectivity index (χ0v) is 24.6. The minimum atomic E-state index is -3.71. The number of aryl methyl sites for hydroxylation is 1. The summed E-state index contributed by atoms with van der Waals surface area (Å²) in [5.41, 5.74) is 1.91. The van der Waals surface area contributed by atoms with Gasteiger partial charge >= 0.3 is 6.09 Å². The molecule has 2 heterocycles. The number of hydrogen-bond acceptors (Lipinski definition) is 7. The van der Waals surface area contributed by atoms with E-state index in [1.54, 1.807) is 25.2 Å². The fourth-order valence-electron chi connectivity index (χ4n) is 4.48. The largest absolute Gasteiger partial charge is 0.449 e. The molecule has 0 fully saturated rings. The number of hydrogen-bond donors (Lipinski definition) is 2. The van der Waals surface area contributed by atoms with Crippen LogP contribution in [0.4, 0.5) is 19.4 Å². The Labute approximate surface area is 246 Å². The number of rotatable bonds is 9. The number of nitrogens with zero attached hydrogens (tertiary/aromatic N) is 4. The van der Waals surface area contributed by atoms with E-state index in [1.807, 2.05) is 19.9 Å². The van der Waals surface area contributed by atoms with Crippen molar-refractivity contribution in [2.45, 2.75) is 26.3 Å². The van der Waals surface area contributed by atoms with Crippen molar-refractivity contribution in [3.05, 3.63) is 76.1 Å². The van der Waals surface area contributed by atoms with E-state index in [0.717, 1.165) is 24.5 Å². The third-order valence-electron chi connectivity index (χ3n) is 6.09. The fourth-order valence-corrected chi connectivity index (χ4v) is 5.22. The van der Waals surface area contributed by atoms with Crippen LogP contribution in [0.15, 0.2) is 42.6 Å². The van der Waals surface area contributed by atoms with E-state index in [0.29, 0.717) is 22.0 Å². The molecule has 0 radical (unpaired) electrons. The number of halogens is 3. The van der Waals surface area contributed by atoms with Crippen LogP contribution >= 0.6 is 11.6 Å². The topological polar surface area (TPSA) is 139 Å². The Morgan fingerprint density at radius 1 is 1.17 bits per heavy atom. The summed E-state index contributed by atoms with van der Waals surface area (Å²) in [6, 6.07) is 8.83. The van der Waals surface area contributed by atoms with Gasteiger partial charge in [0.2, 0.25) is 10.0 Å². The van der Waals surface area contributed by atoms with Gasteiger partial charge in [0.1, 0.15) is 17.7 Å². The average Bonchev–Trinajstić information content (AvgIpc) is 3.21. The van der Waals surface area contributed by atoms with Crippen LogP contribution in [-0.2, 0) is 28.2 Å². The molecule has 220 valence electrons. The van der Waals surface area contributed by atoms with Crippen molar-refractivity contribution >= 4 is 44.4 Å². The van der Waals surface area contributed by atoms with Gasteiger partial charge in [-0.2, -0.15) is 10.4 Å². The maximum Gasteiger partial charge on any atom is 0.407 e. The molecule has 0 spiro atoms. The number of ether oxygens (including phenoxy) is 1. The predicted octanol–water partition coefficient (Wildman–Crippen LogP) is 5.48. The number of sulfonamides is 1. The van der Waals surface area contributed by atoms with Crippen LogP contribution < -0.4 is 10.0 Å². The minimum Gasteiger partial charge on any atom is -0.449 e. The van der Waals surface area contributed by atoms with Gasteiger partial charge in [-0.05, 0) is 42.2 Å². The Balaban J connectivity index is 1.93. The number of aromatic nitrogens is 3. The summed E-state index contributed by atoms with van der Waals surface area (Å²) >= 11 is 6.49. The number of fused-ring (bicyclic) bond motifs is 1. The van der Waals surface area contributed by atoms with E-state index in [2.05, 4.69) is 20.1 Å². The molecule has 1 unspecified atom stereocenters. The molecule has 10 nitrogen and oxygen atoms in total. The van der Waals surface area contributed by atoms with E-state index in [1.165, 1.54) is 10.9 Å². The van der Waals surface area contributed by atoms with Crippen molar-refractivity contribution < 1.29 is 26.7 Å². The second-order valence-corrected chi connectivity index (χ2v) is 12.3. The number of nitrogens with one attached hydrogen (secondary N) is 2. The van der Waals surface area contributed by atoms with E-state index >= 15 is 0 Å². The van der Waals surface area contributed by atoms with Gasteiger partial charge in [0.05, 0.1) is 46.1 Å². The average molecular weight is 617 g/mol. The number of carbonyl (C=O) groups is 1. The summed E-state index contributed by atoms with van der Waals surface area (Å²) < 4.78 is 61.3. The molecule has 0 aliphatic carbocycles. The second kappa shape index (κ2) is 12.3. The molecule has 2 aromatic carbocycles. The van der Waals surface area contributed by atoms with Gasteiger partial charge in [0, 0.05) is 30.4 Å². The van der Waals surface area contributed by atoms with Crippen molar-refractivity contribution in [2.75, 3.05) is 17.6 Å². The third-order valence-corrected chi connectivity index (χ3v) is 6.97. The van der Waals surface area contributed by atoms with Crippen molar-refractivity contribution in [3.63, 3.8) is 0 Å². The van der Waals surface area contributed by atoms with Crippen LogP contribution in [0.2, 0.25) is 5.02 Å². The van der Waals surface area contributed by atoms with Gasteiger partial charge in [0.15, 0.2) is 5.82 Å². The highest BCUT2D eigenvalue weighted by Crippen LogP contribution is 2.40. The Morgan fingerprint density at radius 3 is 2.48 bits per heavy atom. The molecule has 42 heavy (non-hydrogen) atoms. The van der Waals surface area contributed by atoms with Crippen LogP contribution in [0.1, 0.15) is 36.7 Å². The fraction of sp³-hybridized carbons (Fsp3) is 0.286. The zero-order valence-electron chi connectivity index (χ0n) is 23.1. The number of pyridine rings is 1. The number of alkyl carbamates (subject to hydrolysis) is 1. The van der Waals surface area contributed by atoms with Gasteiger partial charge in [-0.25, -0.2) is 22.0 Å². The first kappa shape index (κ1) is 30.7. The monoisotopic (exact) mass is 616 g/mol.